The quantitative estimate of drug-likeness (QED) is 0.693. The van der Waals surface area contributed by atoms with Crippen LogP contribution in [-0.4, -0.2) is 38.6 Å². The average Bonchev–Trinajstić information content (AvgIpc) is 3.05. The van der Waals surface area contributed by atoms with Crippen molar-refractivity contribution in [2.45, 2.75) is 50.2 Å². The first-order chi connectivity index (χ1) is 9.58. The summed E-state index contributed by atoms with van der Waals surface area (Å²) < 4.78 is 2.00. The predicted octanol–water partition coefficient (Wildman–Crippen LogP) is 0.285. The minimum Gasteiger partial charge on any atom is -0.481 e. The van der Waals surface area contributed by atoms with Crippen LogP contribution in [0.4, 0.5) is 0 Å². The number of nitrogens with two attached hydrogens (primary N) is 1. The van der Waals surface area contributed by atoms with E-state index in [-0.39, 0.29) is 30.8 Å². The molecular weight excluding hydrogens is 260 g/mol. The van der Waals surface area contributed by atoms with Crippen LogP contribution in [0, 0.1) is 0 Å². The Balaban J connectivity index is 1.88. The first-order valence-corrected chi connectivity index (χ1v) is 6.83. The molecule has 0 radical (unpaired) electrons. The zero-order valence-corrected chi connectivity index (χ0v) is 11.2. The van der Waals surface area contributed by atoms with Gasteiger partial charge in [-0.05, 0) is 25.7 Å². The first-order valence-electron chi connectivity index (χ1n) is 6.83. The Bertz CT molecular complexity index is 460. The van der Waals surface area contributed by atoms with Crippen LogP contribution in [0.15, 0.2) is 18.7 Å². The van der Waals surface area contributed by atoms with Gasteiger partial charge in [0.05, 0.1) is 18.4 Å². The van der Waals surface area contributed by atoms with Crippen molar-refractivity contribution in [2.24, 2.45) is 5.73 Å². The van der Waals surface area contributed by atoms with Crippen LogP contribution in [0.2, 0.25) is 0 Å². The van der Waals surface area contributed by atoms with Gasteiger partial charge < -0.3 is 20.7 Å². The fourth-order valence-electron chi connectivity index (χ4n) is 2.63. The molecule has 110 valence electrons. The SMILES string of the molecule is NC(CCC(=O)O)C(=O)NC1CCCC1n1ccnc1. The predicted molar refractivity (Wildman–Crippen MR) is 71.9 cm³/mol. The van der Waals surface area contributed by atoms with Crippen molar-refractivity contribution in [3.05, 3.63) is 18.7 Å². The molecule has 7 nitrogen and oxygen atoms in total. The number of hydrogen-bond donors (Lipinski definition) is 3. The van der Waals surface area contributed by atoms with Crippen molar-refractivity contribution >= 4 is 11.9 Å². The third kappa shape index (κ3) is 3.57. The second kappa shape index (κ2) is 6.51. The molecule has 1 aromatic heterocycles. The molecule has 0 aromatic carbocycles. The second-order valence-electron chi connectivity index (χ2n) is 5.16. The Labute approximate surface area is 117 Å². The van der Waals surface area contributed by atoms with Crippen LogP contribution in [0.25, 0.3) is 0 Å². The van der Waals surface area contributed by atoms with E-state index in [1.54, 1.807) is 12.5 Å². The lowest BCUT2D eigenvalue weighted by atomic mass is 10.1. The van der Waals surface area contributed by atoms with Crippen molar-refractivity contribution in [3.8, 4) is 0 Å². The molecule has 1 fully saturated rings. The van der Waals surface area contributed by atoms with Gasteiger partial charge >= 0.3 is 5.97 Å². The Kier molecular flexibility index (Phi) is 4.73. The summed E-state index contributed by atoms with van der Waals surface area (Å²) in [6.45, 7) is 0. The Morgan fingerprint density at radius 3 is 2.95 bits per heavy atom. The van der Waals surface area contributed by atoms with Gasteiger partial charge in [0.15, 0.2) is 0 Å². The van der Waals surface area contributed by atoms with Crippen molar-refractivity contribution in [3.63, 3.8) is 0 Å². The van der Waals surface area contributed by atoms with Crippen LogP contribution in [-0.2, 0) is 9.59 Å². The number of rotatable bonds is 6. The van der Waals surface area contributed by atoms with Gasteiger partial charge in [0.25, 0.3) is 0 Å². The fourth-order valence-corrected chi connectivity index (χ4v) is 2.63. The molecule has 2 rings (SSSR count). The maximum atomic E-state index is 12.0. The molecule has 4 N–H and O–H groups in total. The van der Waals surface area contributed by atoms with Crippen molar-refractivity contribution in [1.82, 2.24) is 14.9 Å². The number of nitrogens with one attached hydrogen (secondary N) is 1. The highest BCUT2D eigenvalue weighted by molar-refractivity contribution is 5.82. The molecule has 0 aliphatic heterocycles. The van der Waals surface area contributed by atoms with E-state index < -0.39 is 12.0 Å². The molecule has 1 amide bonds. The van der Waals surface area contributed by atoms with E-state index in [9.17, 15) is 9.59 Å². The highest BCUT2D eigenvalue weighted by atomic mass is 16.4. The number of imidazole rings is 1. The number of carbonyl (C=O) groups excluding carboxylic acids is 1. The van der Waals surface area contributed by atoms with Gasteiger partial charge in [-0.1, -0.05) is 0 Å². The molecule has 1 aliphatic carbocycles. The van der Waals surface area contributed by atoms with Gasteiger partial charge in [0.1, 0.15) is 0 Å². The number of carboxylic acids is 1. The Morgan fingerprint density at radius 2 is 2.30 bits per heavy atom. The zero-order chi connectivity index (χ0) is 14.5. The maximum Gasteiger partial charge on any atom is 0.303 e. The molecule has 3 atom stereocenters. The summed E-state index contributed by atoms with van der Waals surface area (Å²) in [4.78, 5) is 26.5. The van der Waals surface area contributed by atoms with Gasteiger partial charge in [-0.2, -0.15) is 0 Å². The van der Waals surface area contributed by atoms with Crippen molar-refractivity contribution < 1.29 is 14.7 Å². The monoisotopic (exact) mass is 280 g/mol. The highest BCUT2D eigenvalue weighted by Gasteiger charge is 2.30. The number of carbonyl (C=O) groups is 2. The van der Waals surface area contributed by atoms with Crippen molar-refractivity contribution in [2.75, 3.05) is 0 Å². The molecule has 1 aliphatic rings. The summed E-state index contributed by atoms with van der Waals surface area (Å²) in [5.41, 5.74) is 5.71. The topological polar surface area (TPSA) is 110 Å². The molecule has 3 unspecified atom stereocenters. The number of carboxylic acid groups (broad SMARTS) is 1. The van der Waals surface area contributed by atoms with Gasteiger partial charge in [-0.15, -0.1) is 0 Å². The molecule has 1 saturated carbocycles. The van der Waals surface area contributed by atoms with Crippen LogP contribution in [0.3, 0.4) is 0 Å². The van der Waals surface area contributed by atoms with E-state index in [0.717, 1.165) is 19.3 Å². The summed E-state index contributed by atoms with van der Waals surface area (Å²) in [5.74, 6) is -1.21. The fraction of sp³-hybridized carbons (Fsp3) is 0.615. The molecule has 0 bridgehead atoms. The summed E-state index contributed by atoms with van der Waals surface area (Å²) >= 11 is 0. The highest BCUT2D eigenvalue weighted by Crippen LogP contribution is 2.29. The average molecular weight is 280 g/mol. The largest absolute Gasteiger partial charge is 0.481 e. The first kappa shape index (κ1) is 14.5. The lowest BCUT2D eigenvalue weighted by molar-refractivity contribution is -0.137. The normalized spacial score (nSPS) is 23.4. The summed E-state index contributed by atoms with van der Waals surface area (Å²) in [7, 11) is 0. The van der Waals surface area contributed by atoms with Crippen molar-refractivity contribution in [1.29, 1.82) is 0 Å². The van der Waals surface area contributed by atoms with Gasteiger partial charge in [0.2, 0.25) is 5.91 Å². The smallest absolute Gasteiger partial charge is 0.303 e. The van der Waals surface area contributed by atoms with Gasteiger partial charge in [0, 0.05) is 24.9 Å². The van der Waals surface area contributed by atoms with Gasteiger partial charge in [-0.3, -0.25) is 9.59 Å². The van der Waals surface area contributed by atoms with E-state index in [1.165, 1.54) is 0 Å². The number of amides is 1. The maximum absolute atomic E-state index is 12.0. The second-order valence-corrected chi connectivity index (χ2v) is 5.16. The van der Waals surface area contributed by atoms with E-state index in [2.05, 4.69) is 10.3 Å². The molecule has 1 aromatic rings. The minimum absolute atomic E-state index is 0.0348. The molecular formula is C13H20N4O3. The lowest BCUT2D eigenvalue weighted by Crippen LogP contribution is -2.47. The van der Waals surface area contributed by atoms with Crippen LogP contribution >= 0.6 is 0 Å². The number of aliphatic carboxylic acids is 1. The Hall–Kier alpha value is -1.89. The van der Waals surface area contributed by atoms with Crippen LogP contribution < -0.4 is 11.1 Å². The summed E-state index contributed by atoms with van der Waals surface area (Å²) in [6, 6.07) is -0.532. The summed E-state index contributed by atoms with van der Waals surface area (Å²) in [5, 5.41) is 11.5. The number of hydrogen-bond acceptors (Lipinski definition) is 4. The zero-order valence-electron chi connectivity index (χ0n) is 11.2. The molecule has 7 heteroatoms. The van der Waals surface area contributed by atoms with E-state index >= 15 is 0 Å². The molecule has 1 heterocycles. The van der Waals surface area contributed by atoms with E-state index in [4.69, 9.17) is 10.8 Å². The lowest BCUT2D eigenvalue weighted by Gasteiger charge is -2.23. The standard InChI is InChI=1S/C13H20N4O3/c14-9(4-5-12(18)19)13(20)16-10-2-1-3-11(10)17-7-6-15-8-17/h6-11H,1-5,14H2,(H,16,20)(H,18,19). The van der Waals surface area contributed by atoms with Crippen LogP contribution in [0.5, 0.6) is 0 Å². The Morgan fingerprint density at radius 1 is 1.50 bits per heavy atom. The third-order valence-electron chi connectivity index (χ3n) is 3.72. The molecule has 0 saturated heterocycles. The molecule has 20 heavy (non-hydrogen) atoms. The minimum atomic E-state index is -0.939. The van der Waals surface area contributed by atoms with E-state index in [1.807, 2.05) is 10.8 Å². The number of nitrogens with zero attached hydrogens (tertiary/aromatic N) is 2. The summed E-state index contributed by atoms with van der Waals surface area (Å²) in [6.07, 6.45) is 8.35. The van der Waals surface area contributed by atoms with E-state index in [0.29, 0.717) is 0 Å². The third-order valence-corrected chi connectivity index (χ3v) is 3.72. The molecule has 0 spiro atoms. The number of aromatic nitrogens is 2. The van der Waals surface area contributed by atoms with Crippen LogP contribution in [0.1, 0.15) is 38.1 Å². The van der Waals surface area contributed by atoms with Gasteiger partial charge in [-0.25, -0.2) is 4.98 Å².